The van der Waals surface area contributed by atoms with Gasteiger partial charge in [0.15, 0.2) is 0 Å². The van der Waals surface area contributed by atoms with Gasteiger partial charge in [-0.3, -0.25) is 4.79 Å². The molecular weight excluding hydrogens is 382 g/mol. The number of aryl methyl sites for hydroxylation is 2. The Morgan fingerprint density at radius 2 is 2.03 bits per heavy atom. The SMILES string of the molecule is Cc1noc(C)c1COc1ccc(C(=O)NC2CN(CC3CC3)CCCC2O)cc1. The number of likely N-dealkylation sites (tertiary alicyclic amines) is 1. The molecule has 2 aromatic rings. The lowest BCUT2D eigenvalue weighted by atomic mass is 10.1. The van der Waals surface area contributed by atoms with Crippen molar-refractivity contribution in [3.8, 4) is 5.75 Å². The van der Waals surface area contributed by atoms with Crippen molar-refractivity contribution < 1.29 is 19.2 Å². The standard InChI is InChI=1S/C23H31N3O4/c1-15-20(16(2)30-25-15)14-29-19-9-7-18(8-10-19)23(28)24-21-13-26(12-17-5-6-17)11-3-4-22(21)27/h7-10,17,21-22,27H,3-6,11-14H2,1-2H3,(H,24,28). The molecule has 7 heteroatoms. The Bertz CT molecular complexity index is 840. The number of ether oxygens (including phenoxy) is 1. The molecule has 1 saturated carbocycles. The first-order valence-electron chi connectivity index (χ1n) is 10.9. The van der Waals surface area contributed by atoms with Crippen LogP contribution in [0.15, 0.2) is 28.8 Å². The second-order valence-electron chi connectivity index (χ2n) is 8.61. The van der Waals surface area contributed by atoms with Crippen molar-refractivity contribution in [2.24, 2.45) is 5.92 Å². The molecule has 2 unspecified atom stereocenters. The third-order valence-electron chi connectivity index (χ3n) is 6.10. The molecule has 1 aromatic heterocycles. The average molecular weight is 414 g/mol. The zero-order valence-corrected chi connectivity index (χ0v) is 17.8. The van der Waals surface area contributed by atoms with Crippen molar-refractivity contribution in [1.82, 2.24) is 15.4 Å². The van der Waals surface area contributed by atoms with Crippen molar-refractivity contribution in [3.63, 3.8) is 0 Å². The highest BCUT2D eigenvalue weighted by atomic mass is 16.5. The lowest BCUT2D eigenvalue weighted by Crippen LogP contribution is -2.49. The van der Waals surface area contributed by atoms with Gasteiger partial charge in [0, 0.05) is 18.7 Å². The number of benzene rings is 1. The largest absolute Gasteiger partial charge is 0.489 e. The van der Waals surface area contributed by atoms with Gasteiger partial charge in [0.05, 0.1) is 23.4 Å². The Hall–Kier alpha value is -2.38. The number of amides is 1. The van der Waals surface area contributed by atoms with Crippen molar-refractivity contribution >= 4 is 5.91 Å². The summed E-state index contributed by atoms with van der Waals surface area (Å²) in [6.07, 6.45) is 3.80. The van der Waals surface area contributed by atoms with Crippen molar-refractivity contribution in [2.45, 2.75) is 58.3 Å². The molecule has 1 aromatic carbocycles. The van der Waals surface area contributed by atoms with Crippen LogP contribution in [0.2, 0.25) is 0 Å². The van der Waals surface area contributed by atoms with Crippen LogP contribution in [0, 0.1) is 19.8 Å². The zero-order valence-electron chi connectivity index (χ0n) is 17.8. The maximum atomic E-state index is 12.8. The first-order valence-corrected chi connectivity index (χ1v) is 10.9. The number of carbonyl (C=O) groups excluding carboxylic acids is 1. The van der Waals surface area contributed by atoms with E-state index in [9.17, 15) is 9.90 Å². The van der Waals surface area contributed by atoms with Gasteiger partial charge in [-0.05, 0) is 76.3 Å². The van der Waals surface area contributed by atoms with Crippen LogP contribution in [-0.4, -0.2) is 52.9 Å². The molecule has 2 atom stereocenters. The topological polar surface area (TPSA) is 87.8 Å². The first-order chi connectivity index (χ1) is 14.5. The van der Waals surface area contributed by atoms with Gasteiger partial charge in [-0.15, -0.1) is 0 Å². The van der Waals surface area contributed by atoms with Gasteiger partial charge >= 0.3 is 0 Å². The Kier molecular flexibility index (Phi) is 6.39. The Balaban J connectivity index is 1.33. The fraction of sp³-hybridized carbons (Fsp3) is 0.565. The van der Waals surface area contributed by atoms with Gasteiger partial charge in [0.25, 0.3) is 5.91 Å². The van der Waals surface area contributed by atoms with Gasteiger partial charge in [0.1, 0.15) is 18.1 Å². The van der Waals surface area contributed by atoms with Crippen LogP contribution < -0.4 is 10.1 Å². The normalized spacial score (nSPS) is 22.5. The number of nitrogens with one attached hydrogen (secondary N) is 1. The molecule has 7 nitrogen and oxygen atoms in total. The van der Waals surface area contributed by atoms with Crippen molar-refractivity contribution in [2.75, 3.05) is 19.6 Å². The summed E-state index contributed by atoms with van der Waals surface area (Å²) in [5.74, 6) is 2.07. The summed E-state index contributed by atoms with van der Waals surface area (Å²) in [5.41, 5.74) is 2.32. The molecule has 0 bridgehead atoms. The minimum absolute atomic E-state index is 0.162. The van der Waals surface area contributed by atoms with E-state index in [1.54, 1.807) is 24.3 Å². The zero-order chi connectivity index (χ0) is 21.1. The third kappa shape index (κ3) is 5.21. The summed E-state index contributed by atoms with van der Waals surface area (Å²) in [7, 11) is 0. The van der Waals surface area contributed by atoms with Gasteiger partial charge in [0.2, 0.25) is 0 Å². The summed E-state index contributed by atoms with van der Waals surface area (Å²) in [6.45, 7) is 6.91. The molecule has 2 N–H and O–H groups in total. The number of aromatic nitrogens is 1. The summed E-state index contributed by atoms with van der Waals surface area (Å²) in [6, 6.07) is 6.84. The van der Waals surface area contributed by atoms with Crippen LogP contribution in [0.1, 0.15) is 53.1 Å². The summed E-state index contributed by atoms with van der Waals surface area (Å²) < 4.78 is 11.0. The molecule has 0 radical (unpaired) electrons. The Morgan fingerprint density at radius 1 is 1.27 bits per heavy atom. The Labute approximate surface area is 177 Å². The summed E-state index contributed by atoms with van der Waals surface area (Å²) in [5, 5.41) is 17.5. The maximum absolute atomic E-state index is 12.8. The third-order valence-corrected chi connectivity index (χ3v) is 6.10. The van der Waals surface area contributed by atoms with E-state index in [4.69, 9.17) is 9.26 Å². The predicted octanol–water partition coefficient (Wildman–Crippen LogP) is 2.84. The highest BCUT2D eigenvalue weighted by molar-refractivity contribution is 5.94. The molecule has 2 heterocycles. The van der Waals surface area contributed by atoms with Gasteiger partial charge < -0.3 is 24.6 Å². The molecule has 2 aliphatic rings. The van der Waals surface area contributed by atoms with E-state index >= 15 is 0 Å². The molecule has 1 aliphatic carbocycles. The summed E-state index contributed by atoms with van der Waals surface area (Å²) >= 11 is 0. The monoisotopic (exact) mass is 413 g/mol. The number of rotatable bonds is 7. The van der Waals surface area contributed by atoms with Crippen LogP contribution in [-0.2, 0) is 6.61 Å². The number of aliphatic hydroxyl groups excluding tert-OH is 1. The lowest BCUT2D eigenvalue weighted by molar-refractivity contribution is 0.0799. The minimum Gasteiger partial charge on any atom is -0.489 e. The molecule has 1 saturated heterocycles. The molecule has 2 fully saturated rings. The Morgan fingerprint density at radius 3 is 2.70 bits per heavy atom. The fourth-order valence-corrected chi connectivity index (χ4v) is 4.01. The quantitative estimate of drug-likeness (QED) is 0.726. The van der Waals surface area contributed by atoms with Gasteiger partial charge in [-0.2, -0.15) is 0 Å². The smallest absolute Gasteiger partial charge is 0.251 e. The van der Waals surface area contributed by atoms with Crippen LogP contribution in [0.4, 0.5) is 0 Å². The summed E-state index contributed by atoms with van der Waals surface area (Å²) in [4.78, 5) is 15.1. The number of aliphatic hydroxyl groups is 1. The lowest BCUT2D eigenvalue weighted by Gasteiger charge is -2.27. The highest BCUT2D eigenvalue weighted by Crippen LogP contribution is 2.30. The number of hydrogen-bond acceptors (Lipinski definition) is 6. The molecular formula is C23H31N3O4. The molecule has 0 spiro atoms. The minimum atomic E-state index is -0.504. The van der Waals surface area contributed by atoms with E-state index in [0.717, 1.165) is 48.9 Å². The van der Waals surface area contributed by atoms with E-state index in [2.05, 4.69) is 15.4 Å². The van der Waals surface area contributed by atoms with Crippen molar-refractivity contribution in [3.05, 3.63) is 46.8 Å². The maximum Gasteiger partial charge on any atom is 0.251 e. The van der Waals surface area contributed by atoms with Crippen LogP contribution in [0.3, 0.4) is 0 Å². The average Bonchev–Trinajstić information content (AvgIpc) is 3.51. The molecule has 1 aliphatic heterocycles. The van der Waals surface area contributed by atoms with E-state index in [0.29, 0.717) is 24.5 Å². The predicted molar refractivity (Wildman–Crippen MR) is 112 cm³/mol. The first kappa shape index (κ1) is 20.9. The number of nitrogens with zero attached hydrogens (tertiary/aromatic N) is 2. The number of hydrogen-bond donors (Lipinski definition) is 2. The van der Waals surface area contributed by atoms with E-state index in [1.807, 2.05) is 13.8 Å². The van der Waals surface area contributed by atoms with Crippen LogP contribution in [0.5, 0.6) is 5.75 Å². The van der Waals surface area contributed by atoms with E-state index in [-0.39, 0.29) is 11.9 Å². The highest BCUT2D eigenvalue weighted by Gasteiger charge is 2.30. The second kappa shape index (κ2) is 9.18. The molecule has 1 amide bonds. The molecule has 30 heavy (non-hydrogen) atoms. The van der Waals surface area contributed by atoms with E-state index in [1.165, 1.54) is 12.8 Å². The van der Waals surface area contributed by atoms with Gasteiger partial charge in [-0.25, -0.2) is 0 Å². The van der Waals surface area contributed by atoms with E-state index < -0.39 is 6.10 Å². The fourth-order valence-electron chi connectivity index (χ4n) is 4.01. The number of carbonyl (C=O) groups is 1. The van der Waals surface area contributed by atoms with Gasteiger partial charge in [-0.1, -0.05) is 5.16 Å². The molecule has 4 rings (SSSR count). The van der Waals surface area contributed by atoms with Crippen LogP contribution >= 0.6 is 0 Å². The van der Waals surface area contributed by atoms with Crippen LogP contribution in [0.25, 0.3) is 0 Å². The molecule has 162 valence electrons. The van der Waals surface area contributed by atoms with Crippen molar-refractivity contribution in [1.29, 1.82) is 0 Å². The second-order valence-corrected chi connectivity index (χ2v) is 8.61.